The monoisotopic (exact) mass is 798 g/mol. The number of H-pyrrole nitrogens is 1. The van der Waals surface area contributed by atoms with Gasteiger partial charge in [-0.05, 0) is 61.4 Å². The van der Waals surface area contributed by atoms with Crippen LogP contribution >= 0.6 is 0 Å². The maximum absolute atomic E-state index is 14.4. The number of aromatic amines is 1. The molecule has 4 aromatic rings. The summed E-state index contributed by atoms with van der Waals surface area (Å²) in [6.07, 6.45) is 3.20. The number of nitrogens with zero attached hydrogens (tertiary/aromatic N) is 2. The highest BCUT2D eigenvalue weighted by molar-refractivity contribution is 5.98. The Hall–Kier alpha value is -6.19. The number of aromatic nitrogens is 2. The first-order valence-corrected chi connectivity index (χ1v) is 19.5. The molecule has 310 valence electrons. The van der Waals surface area contributed by atoms with Crippen LogP contribution in [-0.2, 0) is 36.8 Å². The van der Waals surface area contributed by atoms with Crippen LogP contribution in [0.15, 0.2) is 65.5 Å². The number of carbonyl (C=O) groups is 6. The second-order valence-corrected chi connectivity index (χ2v) is 15.5. The van der Waals surface area contributed by atoms with Crippen LogP contribution < -0.4 is 31.3 Å². The Morgan fingerprint density at radius 3 is 2.16 bits per heavy atom. The first-order valence-electron chi connectivity index (χ1n) is 19.5. The summed E-state index contributed by atoms with van der Waals surface area (Å²) in [6.45, 7) is 9.95. The van der Waals surface area contributed by atoms with Crippen molar-refractivity contribution in [3.63, 3.8) is 0 Å². The highest BCUT2D eigenvalue weighted by atomic mass is 16.5. The van der Waals surface area contributed by atoms with E-state index in [9.17, 15) is 28.8 Å². The van der Waals surface area contributed by atoms with Crippen molar-refractivity contribution >= 4 is 46.3 Å². The van der Waals surface area contributed by atoms with E-state index in [4.69, 9.17) is 9.15 Å². The molecule has 0 saturated carbocycles. The Kier molecular flexibility index (Phi) is 14.3. The van der Waals surface area contributed by atoms with Crippen molar-refractivity contribution in [2.75, 3.05) is 20.2 Å². The van der Waals surface area contributed by atoms with Crippen LogP contribution in [0, 0.1) is 18.8 Å². The van der Waals surface area contributed by atoms with Crippen LogP contribution in [0.2, 0.25) is 0 Å². The van der Waals surface area contributed by atoms with Crippen LogP contribution in [0.5, 0.6) is 5.75 Å². The average Bonchev–Trinajstić information content (AvgIpc) is 3.81. The summed E-state index contributed by atoms with van der Waals surface area (Å²) in [5.41, 5.74) is 2.27. The molecule has 5 atom stereocenters. The minimum atomic E-state index is -1.20. The number of rotatable bonds is 9. The smallest absolute Gasteiger partial charge is 0.276 e. The molecule has 3 heterocycles. The van der Waals surface area contributed by atoms with Crippen LogP contribution in [0.4, 0.5) is 0 Å². The van der Waals surface area contributed by atoms with Gasteiger partial charge in [0.1, 0.15) is 35.7 Å². The first-order chi connectivity index (χ1) is 27.6. The molecule has 0 spiro atoms. The molecular formula is C42H54N8O8. The summed E-state index contributed by atoms with van der Waals surface area (Å²) in [5.74, 6) is -3.16. The lowest BCUT2D eigenvalue weighted by molar-refractivity contribution is -0.135. The molecule has 1 aliphatic rings. The first kappa shape index (κ1) is 42.9. The molecule has 1 saturated heterocycles. The van der Waals surface area contributed by atoms with Crippen LogP contribution in [0.3, 0.4) is 0 Å². The SMILES string of the molecule is COc1ccc(C[C@@H]2NC(=O)[C@H](CC(C)C)NC(=O)[C@@H](Cc3c[nH]c4ccccc34)NC(=O)CN(C(=O)c3ncoc3C)C[C@H](C(C)C)NC(=O)[C@@H](C)NC2=O)cc1. The van der Waals surface area contributed by atoms with Crippen LogP contribution in [-0.4, -0.2) is 101 Å². The molecule has 16 heteroatoms. The number of amides is 6. The minimum absolute atomic E-state index is 0.0112. The van der Waals surface area contributed by atoms with E-state index in [1.54, 1.807) is 37.4 Å². The normalized spacial score (nSPS) is 21.8. The molecule has 16 nitrogen and oxygen atoms in total. The molecule has 2 aromatic heterocycles. The van der Waals surface area contributed by atoms with E-state index in [1.807, 2.05) is 52.0 Å². The zero-order valence-electron chi connectivity index (χ0n) is 34.0. The van der Waals surface area contributed by atoms with E-state index in [0.717, 1.165) is 22.9 Å². The topological polar surface area (TPSA) is 217 Å². The number of carbonyl (C=O) groups excluding carboxylic acids is 6. The summed E-state index contributed by atoms with van der Waals surface area (Å²) in [6, 6.07) is 9.33. The summed E-state index contributed by atoms with van der Waals surface area (Å²) < 4.78 is 10.6. The summed E-state index contributed by atoms with van der Waals surface area (Å²) >= 11 is 0. The Labute approximate surface area is 337 Å². The number of ether oxygens (including phenoxy) is 1. The van der Waals surface area contributed by atoms with Gasteiger partial charge < -0.3 is 45.6 Å². The van der Waals surface area contributed by atoms with Gasteiger partial charge in [0.25, 0.3) is 5.91 Å². The van der Waals surface area contributed by atoms with Gasteiger partial charge in [-0.25, -0.2) is 4.98 Å². The summed E-state index contributed by atoms with van der Waals surface area (Å²) in [7, 11) is 1.54. The Morgan fingerprint density at radius 2 is 1.50 bits per heavy atom. The Balaban J connectivity index is 1.55. The van der Waals surface area contributed by atoms with E-state index < -0.39 is 72.2 Å². The number of oxazole rings is 1. The molecule has 1 aliphatic heterocycles. The van der Waals surface area contributed by atoms with Gasteiger partial charge >= 0.3 is 0 Å². The number of hydrogen-bond donors (Lipinski definition) is 6. The van der Waals surface area contributed by atoms with Crippen molar-refractivity contribution in [1.29, 1.82) is 0 Å². The lowest BCUT2D eigenvalue weighted by Gasteiger charge is -2.32. The van der Waals surface area contributed by atoms with Crippen LogP contribution in [0.25, 0.3) is 10.9 Å². The maximum Gasteiger partial charge on any atom is 0.276 e. The second-order valence-electron chi connectivity index (χ2n) is 15.5. The molecule has 1 fully saturated rings. The quantitative estimate of drug-likeness (QED) is 0.147. The molecule has 2 aromatic carbocycles. The highest BCUT2D eigenvalue weighted by Crippen LogP contribution is 2.20. The fourth-order valence-corrected chi connectivity index (χ4v) is 6.82. The van der Waals surface area contributed by atoms with E-state index >= 15 is 0 Å². The fourth-order valence-electron chi connectivity index (χ4n) is 6.82. The lowest BCUT2D eigenvalue weighted by Crippen LogP contribution is -2.60. The van der Waals surface area contributed by atoms with Gasteiger partial charge in [0.15, 0.2) is 12.1 Å². The number of nitrogens with one attached hydrogen (secondary N) is 6. The standard InChI is InChI=1S/C42H54N8O8/c1-23(2)16-32-40(54)48-33(17-27-12-14-29(57-7)15-13-27)39(53)45-25(5)38(52)49-35(24(3)4)20-50(42(56)37-26(6)58-22-44-37)21-36(51)46-34(41(55)47-32)18-28-19-43-31-11-9-8-10-30(28)31/h8-15,19,22-25,32-35,43H,16-18,20-21H2,1-7H3,(H,45,53)(H,46,51)(H,47,55)(H,48,54)(H,49,52)/t25-,32+,33+,34-,35-/m1/s1. The van der Waals surface area contributed by atoms with Crippen molar-refractivity contribution in [3.8, 4) is 5.75 Å². The fraction of sp³-hybridized carbons (Fsp3) is 0.452. The van der Waals surface area contributed by atoms with Crippen molar-refractivity contribution in [1.82, 2.24) is 41.5 Å². The van der Waals surface area contributed by atoms with E-state index in [-0.39, 0.29) is 49.1 Å². The highest BCUT2D eigenvalue weighted by Gasteiger charge is 2.34. The van der Waals surface area contributed by atoms with Crippen molar-refractivity contribution in [3.05, 3.63) is 83.7 Å². The number of hydrogen-bond acceptors (Lipinski definition) is 9. The average molecular weight is 799 g/mol. The summed E-state index contributed by atoms with van der Waals surface area (Å²) in [5, 5.41) is 15.0. The zero-order chi connectivity index (χ0) is 42.1. The summed E-state index contributed by atoms with van der Waals surface area (Å²) in [4.78, 5) is 92.8. The second kappa shape index (κ2) is 19.3. The number of fused-ring (bicyclic) bond motifs is 1. The van der Waals surface area contributed by atoms with Crippen molar-refractivity contribution in [2.24, 2.45) is 11.8 Å². The van der Waals surface area contributed by atoms with Gasteiger partial charge in [-0.1, -0.05) is 58.0 Å². The molecule has 5 rings (SSSR count). The third-order valence-electron chi connectivity index (χ3n) is 10.2. The molecule has 0 aliphatic carbocycles. The third-order valence-corrected chi connectivity index (χ3v) is 10.2. The van der Waals surface area contributed by atoms with Crippen LogP contribution in [0.1, 0.15) is 68.4 Å². The molecule has 0 radical (unpaired) electrons. The van der Waals surface area contributed by atoms with E-state index in [2.05, 4.69) is 36.6 Å². The van der Waals surface area contributed by atoms with Gasteiger partial charge in [0, 0.05) is 42.5 Å². The molecule has 6 amide bonds. The predicted molar refractivity (Wildman–Crippen MR) is 215 cm³/mol. The third kappa shape index (κ3) is 11.0. The van der Waals surface area contributed by atoms with Gasteiger partial charge in [-0.3, -0.25) is 28.8 Å². The van der Waals surface area contributed by atoms with Gasteiger partial charge in [0.2, 0.25) is 29.5 Å². The Morgan fingerprint density at radius 1 is 0.845 bits per heavy atom. The van der Waals surface area contributed by atoms with Crippen molar-refractivity contribution in [2.45, 2.75) is 91.0 Å². The number of aryl methyl sites for hydroxylation is 1. The molecule has 0 unspecified atom stereocenters. The molecule has 58 heavy (non-hydrogen) atoms. The number of para-hydroxylation sites is 1. The Bertz CT molecular complexity index is 2090. The maximum atomic E-state index is 14.4. The number of methoxy groups -OCH3 is 1. The number of benzene rings is 2. The van der Waals surface area contributed by atoms with Gasteiger partial charge in [-0.2, -0.15) is 0 Å². The lowest BCUT2D eigenvalue weighted by atomic mass is 9.99. The van der Waals surface area contributed by atoms with E-state index in [0.29, 0.717) is 11.3 Å². The van der Waals surface area contributed by atoms with Gasteiger partial charge in [0.05, 0.1) is 13.7 Å². The molecular weight excluding hydrogens is 745 g/mol. The molecule has 6 N–H and O–H groups in total. The largest absolute Gasteiger partial charge is 0.497 e. The van der Waals surface area contributed by atoms with Crippen molar-refractivity contribution < 1.29 is 37.9 Å². The zero-order valence-corrected chi connectivity index (χ0v) is 34.0. The predicted octanol–water partition coefficient (Wildman–Crippen LogP) is 2.56. The molecule has 0 bridgehead atoms. The van der Waals surface area contributed by atoms with Gasteiger partial charge in [-0.15, -0.1) is 0 Å². The van der Waals surface area contributed by atoms with E-state index in [1.165, 1.54) is 18.9 Å². The minimum Gasteiger partial charge on any atom is -0.497 e.